The van der Waals surface area contributed by atoms with Gasteiger partial charge in [0.15, 0.2) is 6.29 Å². The third-order valence-electron chi connectivity index (χ3n) is 3.49. The first-order valence-electron chi connectivity index (χ1n) is 7.15. The Balaban J connectivity index is 2.75. The predicted octanol–water partition coefficient (Wildman–Crippen LogP) is 3.06. The molecule has 0 spiro atoms. The molecule has 1 heterocycles. The summed E-state index contributed by atoms with van der Waals surface area (Å²) in [5.74, 6) is 0.351. The van der Waals surface area contributed by atoms with Crippen LogP contribution in [0.25, 0.3) is 11.1 Å². The van der Waals surface area contributed by atoms with Crippen LogP contribution in [-0.4, -0.2) is 29.3 Å². The van der Waals surface area contributed by atoms with Crippen molar-refractivity contribution in [1.29, 1.82) is 0 Å². The van der Waals surface area contributed by atoms with Crippen LogP contribution in [0.5, 0.6) is 0 Å². The average molecular weight is 304 g/mol. The fraction of sp³-hybridized carbons (Fsp3) is 0.353. The highest BCUT2D eigenvalue weighted by atomic mass is 19.1. The van der Waals surface area contributed by atoms with Gasteiger partial charge >= 0.3 is 0 Å². The molecule has 2 aromatic rings. The Hall–Kier alpha value is -1.98. The van der Waals surface area contributed by atoms with Gasteiger partial charge in [0.25, 0.3) is 0 Å². The molecule has 5 heteroatoms. The fourth-order valence-corrected chi connectivity index (χ4v) is 2.32. The maximum absolute atomic E-state index is 13.2. The van der Waals surface area contributed by atoms with Crippen LogP contribution in [0.15, 0.2) is 30.3 Å². The predicted molar refractivity (Wildman–Crippen MR) is 85.2 cm³/mol. The zero-order valence-corrected chi connectivity index (χ0v) is 13.2. The summed E-state index contributed by atoms with van der Waals surface area (Å²) >= 11 is 0. The van der Waals surface area contributed by atoms with Crippen molar-refractivity contribution >= 4 is 5.82 Å². The van der Waals surface area contributed by atoms with E-state index in [9.17, 15) is 14.6 Å². The van der Waals surface area contributed by atoms with Gasteiger partial charge in [0.1, 0.15) is 11.6 Å². The molecule has 0 fully saturated rings. The average Bonchev–Trinajstić information content (AvgIpc) is 2.46. The van der Waals surface area contributed by atoms with Crippen molar-refractivity contribution in [3.05, 3.63) is 47.4 Å². The maximum Gasteiger partial charge on any atom is 0.182 e. The Labute approximate surface area is 129 Å². The molecule has 1 aromatic carbocycles. The van der Waals surface area contributed by atoms with E-state index in [-0.39, 0.29) is 11.7 Å². The van der Waals surface area contributed by atoms with Crippen molar-refractivity contribution in [2.24, 2.45) is 0 Å². The minimum absolute atomic E-state index is 0.183. The molecular formula is C17H21FN2O2. The van der Waals surface area contributed by atoms with E-state index in [0.717, 1.165) is 11.3 Å². The molecule has 4 nitrogen and oxygen atoms in total. The first-order valence-corrected chi connectivity index (χ1v) is 7.15. The smallest absolute Gasteiger partial charge is 0.182 e. The normalized spacial score (nSPS) is 11.3. The summed E-state index contributed by atoms with van der Waals surface area (Å²) in [6, 6.07) is 7.79. The van der Waals surface area contributed by atoms with E-state index in [1.54, 1.807) is 31.1 Å². The van der Waals surface area contributed by atoms with E-state index < -0.39 is 6.29 Å². The number of pyridine rings is 1. The van der Waals surface area contributed by atoms with Gasteiger partial charge in [-0.25, -0.2) is 9.37 Å². The van der Waals surface area contributed by atoms with Crippen molar-refractivity contribution in [2.45, 2.75) is 26.1 Å². The third kappa shape index (κ3) is 3.26. The summed E-state index contributed by atoms with van der Waals surface area (Å²) in [5, 5.41) is 19.6. The molecule has 0 unspecified atom stereocenters. The summed E-state index contributed by atoms with van der Waals surface area (Å²) in [7, 11) is 3.60. The number of aromatic nitrogens is 1. The van der Waals surface area contributed by atoms with Gasteiger partial charge in [0.2, 0.25) is 0 Å². The van der Waals surface area contributed by atoms with Gasteiger partial charge in [-0.2, -0.15) is 0 Å². The van der Waals surface area contributed by atoms with Gasteiger partial charge in [0.05, 0.1) is 5.56 Å². The van der Waals surface area contributed by atoms with Crippen molar-refractivity contribution < 1.29 is 14.6 Å². The zero-order chi connectivity index (χ0) is 16.4. The van der Waals surface area contributed by atoms with E-state index >= 15 is 0 Å². The number of benzene rings is 1. The lowest BCUT2D eigenvalue weighted by Gasteiger charge is -2.23. The summed E-state index contributed by atoms with van der Waals surface area (Å²) < 4.78 is 13.2. The molecule has 0 amide bonds. The first kappa shape index (κ1) is 16.4. The van der Waals surface area contributed by atoms with E-state index in [0.29, 0.717) is 16.9 Å². The molecule has 0 aliphatic carbocycles. The lowest BCUT2D eigenvalue weighted by atomic mass is 9.96. The Morgan fingerprint density at radius 2 is 1.68 bits per heavy atom. The fourth-order valence-electron chi connectivity index (χ4n) is 2.32. The number of hydrogen-bond donors (Lipinski definition) is 2. The molecule has 0 aliphatic heterocycles. The number of rotatable bonds is 4. The van der Waals surface area contributed by atoms with E-state index in [1.807, 2.05) is 19.9 Å². The third-order valence-corrected chi connectivity index (χ3v) is 3.49. The van der Waals surface area contributed by atoms with Crippen LogP contribution in [0.1, 0.15) is 37.3 Å². The van der Waals surface area contributed by atoms with Gasteiger partial charge < -0.3 is 15.1 Å². The zero-order valence-electron chi connectivity index (χ0n) is 13.2. The van der Waals surface area contributed by atoms with Crippen LogP contribution in [0.3, 0.4) is 0 Å². The van der Waals surface area contributed by atoms with E-state index in [1.165, 1.54) is 12.1 Å². The van der Waals surface area contributed by atoms with Crippen LogP contribution in [-0.2, 0) is 0 Å². The number of aliphatic hydroxyl groups excluding tert-OH is 1. The highest BCUT2D eigenvalue weighted by Gasteiger charge is 2.21. The highest BCUT2D eigenvalue weighted by Crippen LogP contribution is 2.35. The highest BCUT2D eigenvalue weighted by molar-refractivity contribution is 5.73. The molecule has 0 radical (unpaired) electrons. The van der Waals surface area contributed by atoms with Crippen molar-refractivity contribution in [3.63, 3.8) is 0 Å². The standard InChI is InChI=1S/C17H21FN2O2/c1-10(2)14-9-13(11-5-7-12(18)8-6-11)15(17(21)22)16(19-14)20(3)4/h5-10,17,21-22H,1-4H3. The van der Waals surface area contributed by atoms with Crippen LogP contribution in [0.4, 0.5) is 10.2 Å². The lowest BCUT2D eigenvalue weighted by molar-refractivity contribution is -0.0418. The van der Waals surface area contributed by atoms with E-state index in [4.69, 9.17) is 0 Å². The van der Waals surface area contributed by atoms with Crippen LogP contribution < -0.4 is 4.90 Å². The van der Waals surface area contributed by atoms with Gasteiger partial charge in [-0.15, -0.1) is 0 Å². The lowest BCUT2D eigenvalue weighted by Crippen LogP contribution is -2.17. The van der Waals surface area contributed by atoms with Gasteiger partial charge in [-0.05, 0) is 35.2 Å². The number of halogens is 1. The summed E-state index contributed by atoms with van der Waals surface area (Å²) in [5.41, 5.74) is 2.53. The van der Waals surface area contributed by atoms with Gasteiger partial charge in [0, 0.05) is 19.8 Å². The maximum atomic E-state index is 13.2. The van der Waals surface area contributed by atoms with Crippen LogP contribution in [0.2, 0.25) is 0 Å². The second-order valence-electron chi connectivity index (χ2n) is 5.76. The molecule has 118 valence electrons. The molecule has 22 heavy (non-hydrogen) atoms. The van der Waals surface area contributed by atoms with Crippen molar-refractivity contribution in [2.75, 3.05) is 19.0 Å². The SMILES string of the molecule is CC(C)c1cc(-c2ccc(F)cc2)c(C(O)O)c(N(C)C)n1. The largest absolute Gasteiger partial charge is 0.364 e. The molecule has 2 N–H and O–H groups in total. The van der Waals surface area contributed by atoms with Gasteiger partial charge in [-0.1, -0.05) is 26.0 Å². The Kier molecular flexibility index (Phi) is 4.78. The Morgan fingerprint density at radius 3 is 2.14 bits per heavy atom. The molecule has 2 rings (SSSR count). The first-order chi connectivity index (χ1) is 10.3. The number of anilines is 1. The van der Waals surface area contributed by atoms with E-state index in [2.05, 4.69) is 4.98 Å². The van der Waals surface area contributed by atoms with Crippen molar-refractivity contribution in [1.82, 2.24) is 4.98 Å². The summed E-state index contributed by atoms with van der Waals surface area (Å²) in [6.07, 6.45) is -1.66. The molecule has 0 aliphatic rings. The van der Waals surface area contributed by atoms with Crippen LogP contribution in [0, 0.1) is 5.82 Å². The molecular weight excluding hydrogens is 283 g/mol. The summed E-state index contributed by atoms with van der Waals surface area (Å²) in [4.78, 5) is 6.27. The topological polar surface area (TPSA) is 56.6 Å². The minimum atomic E-state index is -1.66. The Bertz CT molecular complexity index is 652. The molecule has 0 atom stereocenters. The second-order valence-corrected chi connectivity index (χ2v) is 5.76. The van der Waals surface area contributed by atoms with Crippen molar-refractivity contribution in [3.8, 4) is 11.1 Å². The number of hydrogen-bond acceptors (Lipinski definition) is 4. The molecule has 0 bridgehead atoms. The quantitative estimate of drug-likeness (QED) is 0.852. The molecule has 0 saturated heterocycles. The summed E-state index contributed by atoms with van der Waals surface area (Å²) in [6.45, 7) is 4.04. The van der Waals surface area contributed by atoms with Gasteiger partial charge in [-0.3, -0.25) is 0 Å². The number of nitrogens with zero attached hydrogens (tertiary/aromatic N) is 2. The number of aliphatic hydroxyl groups is 2. The Morgan fingerprint density at radius 1 is 1.09 bits per heavy atom. The second kappa shape index (κ2) is 6.42. The molecule has 0 saturated carbocycles. The molecule has 1 aromatic heterocycles. The minimum Gasteiger partial charge on any atom is -0.364 e. The monoisotopic (exact) mass is 304 g/mol. The van der Waals surface area contributed by atoms with Crippen LogP contribution >= 0.6 is 0 Å².